The molecule has 82 valence electrons. The molecule has 0 atom stereocenters. The van der Waals surface area contributed by atoms with E-state index in [1.165, 1.54) is 19.4 Å². The maximum absolute atomic E-state index is 11.1. The Morgan fingerprint density at radius 2 is 2.06 bits per heavy atom. The fraction of sp³-hybridized carbons (Fsp3) is 0.100. The zero-order chi connectivity index (χ0) is 11.5. The Balaban J connectivity index is 2.49. The Kier molecular flexibility index (Phi) is 2.87. The second-order valence-electron chi connectivity index (χ2n) is 3.05. The van der Waals surface area contributed by atoms with Gasteiger partial charge in [-0.1, -0.05) is 11.6 Å². The van der Waals surface area contributed by atoms with Crippen LogP contribution in [-0.4, -0.2) is 22.3 Å². The maximum Gasteiger partial charge on any atom is 0.264 e. The van der Waals surface area contributed by atoms with Gasteiger partial charge in [0.1, 0.15) is 5.02 Å². The molecule has 2 heterocycles. The summed E-state index contributed by atoms with van der Waals surface area (Å²) in [5, 5.41) is 6.38. The molecule has 0 aliphatic rings. The lowest BCUT2D eigenvalue weighted by Gasteiger charge is -2.04. The van der Waals surface area contributed by atoms with Crippen molar-refractivity contribution in [2.75, 3.05) is 7.11 Å². The quantitative estimate of drug-likeness (QED) is 0.859. The molecule has 0 saturated heterocycles. The van der Waals surface area contributed by atoms with E-state index in [9.17, 15) is 4.79 Å². The number of methoxy groups -OCH3 is 1. The lowest BCUT2D eigenvalue weighted by Crippen LogP contribution is -2.05. The number of nitrogens with one attached hydrogen (secondary N) is 1. The fourth-order valence-corrected chi connectivity index (χ4v) is 1.51. The Labute approximate surface area is 96.1 Å². The van der Waals surface area contributed by atoms with Gasteiger partial charge in [0.25, 0.3) is 5.56 Å². The normalized spacial score (nSPS) is 10.1. The van der Waals surface area contributed by atoms with Gasteiger partial charge >= 0.3 is 0 Å². The summed E-state index contributed by atoms with van der Waals surface area (Å²) < 4.78 is 4.93. The molecule has 0 bridgehead atoms. The van der Waals surface area contributed by atoms with E-state index in [1.54, 1.807) is 12.3 Å². The molecule has 0 aromatic carbocycles. The summed E-state index contributed by atoms with van der Waals surface area (Å²) in [6.07, 6.45) is 3.10. The van der Waals surface area contributed by atoms with Crippen molar-refractivity contribution in [1.29, 1.82) is 0 Å². The van der Waals surface area contributed by atoms with E-state index in [4.69, 9.17) is 16.3 Å². The van der Waals surface area contributed by atoms with Crippen molar-refractivity contribution in [3.05, 3.63) is 39.9 Å². The zero-order valence-corrected chi connectivity index (χ0v) is 9.15. The highest BCUT2D eigenvalue weighted by Gasteiger charge is 2.05. The van der Waals surface area contributed by atoms with E-state index < -0.39 is 0 Å². The van der Waals surface area contributed by atoms with Gasteiger partial charge in [-0.3, -0.25) is 4.79 Å². The van der Waals surface area contributed by atoms with Gasteiger partial charge in [-0.25, -0.2) is 10.1 Å². The van der Waals surface area contributed by atoms with Gasteiger partial charge < -0.3 is 4.74 Å². The van der Waals surface area contributed by atoms with Gasteiger partial charge in [-0.2, -0.15) is 5.10 Å². The van der Waals surface area contributed by atoms with Crippen molar-refractivity contribution in [3.63, 3.8) is 0 Å². The largest absolute Gasteiger partial charge is 0.480 e. The zero-order valence-electron chi connectivity index (χ0n) is 8.40. The predicted octanol–water partition coefficient (Wildman–Crippen LogP) is 1.49. The number of rotatable bonds is 2. The molecule has 6 heteroatoms. The first-order valence-corrected chi connectivity index (χ1v) is 4.83. The molecule has 0 aliphatic heterocycles. The van der Waals surface area contributed by atoms with Gasteiger partial charge in [-0.05, 0) is 6.07 Å². The number of hydrogen-bond acceptors (Lipinski definition) is 4. The average molecular weight is 238 g/mol. The second kappa shape index (κ2) is 4.32. The van der Waals surface area contributed by atoms with Gasteiger partial charge in [0.15, 0.2) is 0 Å². The van der Waals surface area contributed by atoms with Crippen LogP contribution >= 0.6 is 11.6 Å². The molecule has 0 aliphatic carbocycles. The number of pyridine rings is 1. The Bertz CT molecular complexity index is 568. The van der Waals surface area contributed by atoms with Crippen molar-refractivity contribution in [2.24, 2.45) is 0 Å². The van der Waals surface area contributed by atoms with Gasteiger partial charge in [0.2, 0.25) is 5.88 Å². The lowest BCUT2D eigenvalue weighted by atomic mass is 10.1. The molecular weight excluding hydrogens is 230 g/mol. The molecular formula is C10H8ClN3O2. The lowest BCUT2D eigenvalue weighted by molar-refractivity contribution is 0.398. The average Bonchev–Trinajstić information content (AvgIpc) is 2.29. The SMILES string of the molecule is COc1ncc(-c2cn[nH]c(=O)c2)cc1Cl. The van der Waals surface area contributed by atoms with Crippen LogP contribution in [0.15, 0.2) is 29.3 Å². The third-order valence-electron chi connectivity index (χ3n) is 2.00. The second-order valence-corrected chi connectivity index (χ2v) is 3.46. The van der Waals surface area contributed by atoms with Gasteiger partial charge in [0, 0.05) is 23.4 Å². The highest BCUT2D eigenvalue weighted by molar-refractivity contribution is 6.32. The molecule has 1 N–H and O–H groups in total. The number of nitrogens with zero attached hydrogens (tertiary/aromatic N) is 2. The number of H-pyrrole nitrogens is 1. The van der Waals surface area contributed by atoms with Crippen LogP contribution in [0, 0.1) is 0 Å². The highest BCUT2D eigenvalue weighted by atomic mass is 35.5. The third-order valence-corrected chi connectivity index (χ3v) is 2.27. The van der Waals surface area contributed by atoms with Crippen LogP contribution in [-0.2, 0) is 0 Å². The van der Waals surface area contributed by atoms with E-state index >= 15 is 0 Å². The Hall–Kier alpha value is -1.88. The van der Waals surface area contributed by atoms with E-state index in [0.717, 1.165) is 0 Å². The maximum atomic E-state index is 11.1. The van der Waals surface area contributed by atoms with Gasteiger partial charge in [0.05, 0.1) is 13.3 Å². The standard InChI is InChI=1S/C10H8ClN3O2/c1-16-10-8(11)2-6(4-12-10)7-3-9(15)14-13-5-7/h2-5H,1H3,(H,14,15). The molecule has 0 saturated carbocycles. The minimum atomic E-state index is -0.274. The predicted molar refractivity (Wildman–Crippen MR) is 59.7 cm³/mol. The number of halogens is 1. The molecule has 16 heavy (non-hydrogen) atoms. The topological polar surface area (TPSA) is 67.9 Å². The van der Waals surface area contributed by atoms with E-state index in [-0.39, 0.29) is 5.56 Å². The number of aromatic nitrogens is 3. The highest BCUT2D eigenvalue weighted by Crippen LogP contribution is 2.26. The molecule has 2 aromatic rings. The summed E-state index contributed by atoms with van der Waals surface area (Å²) in [6, 6.07) is 3.09. The Morgan fingerprint density at radius 3 is 2.69 bits per heavy atom. The van der Waals surface area contributed by atoms with Crippen LogP contribution in [0.4, 0.5) is 0 Å². The fourth-order valence-electron chi connectivity index (χ4n) is 1.27. The number of hydrogen-bond donors (Lipinski definition) is 1. The van der Waals surface area contributed by atoms with Crippen molar-refractivity contribution in [1.82, 2.24) is 15.2 Å². The molecule has 2 aromatic heterocycles. The molecule has 0 radical (unpaired) electrons. The first-order valence-electron chi connectivity index (χ1n) is 4.45. The van der Waals surface area contributed by atoms with Crippen molar-refractivity contribution >= 4 is 11.6 Å². The molecule has 0 unspecified atom stereocenters. The van der Waals surface area contributed by atoms with E-state index in [2.05, 4.69) is 15.2 Å². The van der Waals surface area contributed by atoms with E-state index in [0.29, 0.717) is 22.0 Å². The van der Waals surface area contributed by atoms with E-state index in [1.807, 2.05) is 0 Å². The summed E-state index contributed by atoms with van der Waals surface area (Å²) in [5.74, 6) is 0.350. The first-order chi connectivity index (χ1) is 7.70. The van der Waals surface area contributed by atoms with Crippen LogP contribution < -0.4 is 10.3 Å². The van der Waals surface area contributed by atoms with Crippen LogP contribution in [0.1, 0.15) is 0 Å². The summed E-state index contributed by atoms with van der Waals surface area (Å²) in [4.78, 5) is 15.1. The first kappa shape index (κ1) is 10.6. The molecule has 0 fully saturated rings. The summed E-state index contributed by atoms with van der Waals surface area (Å²) in [7, 11) is 1.49. The molecule has 0 amide bonds. The summed E-state index contributed by atoms with van der Waals surface area (Å²) >= 11 is 5.93. The molecule has 5 nitrogen and oxygen atoms in total. The van der Waals surface area contributed by atoms with Gasteiger partial charge in [-0.15, -0.1) is 0 Å². The van der Waals surface area contributed by atoms with Crippen LogP contribution in [0.5, 0.6) is 5.88 Å². The smallest absolute Gasteiger partial charge is 0.264 e. The number of aromatic amines is 1. The molecule has 0 spiro atoms. The van der Waals surface area contributed by atoms with Crippen LogP contribution in [0.2, 0.25) is 5.02 Å². The third kappa shape index (κ3) is 2.04. The minimum Gasteiger partial charge on any atom is -0.480 e. The monoisotopic (exact) mass is 237 g/mol. The van der Waals surface area contributed by atoms with Crippen LogP contribution in [0.3, 0.4) is 0 Å². The summed E-state index contributed by atoms with van der Waals surface area (Å²) in [5.41, 5.74) is 1.09. The molecule has 2 rings (SSSR count). The van der Waals surface area contributed by atoms with Crippen molar-refractivity contribution in [3.8, 4) is 17.0 Å². The summed E-state index contributed by atoms with van der Waals surface area (Å²) in [6.45, 7) is 0. The van der Waals surface area contributed by atoms with Crippen molar-refractivity contribution < 1.29 is 4.74 Å². The number of ether oxygens (including phenoxy) is 1. The van der Waals surface area contributed by atoms with Crippen molar-refractivity contribution in [2.45, 2.75) is 0 Å². The minimum absolute atomic E-state index is 0.274. The Morgan fingerprint density at radius 1 is 1.31 bits per heavy atom. The van der Waals surface area contributed by atoms with Crippen LogP contribution in [0.25, 0.3) is 11.1 Å².